The summed E-state index contributed by atoms with van der Waals surface area (Å²) in [5, 5.41) is 0. The standard InChI is InChI=1S/C14H17BrN2O2S2/c1-10-2-4-13(8-11(10)9-16)21(18,19)17-7-6-12-3-5-14(15)20-12/h2-5,8,17H,6-7,9,16H2,1H3. The van der Waals surface area contributed by atoms with Gasteiger partial charge in [0.15, 0.2) is 0 Å². The van der Waals surface area contributed by atoms with Gasteiger partial charge in [0.2, 0.25) is 10.0 Å². The van der Waals surface area contributed by atoms with Crippen molar-refractivity contribution < 1.29 is 8.42 Å². The minimum atomic E-state index is -3.49. The maximum absolute atomic E-state index is 12.2. The minimum absolute atomic E-state index is 0.265. The van der Waals surface area contributed by atoms with Crippen molar-refractivity contribution in [3.8, 4) is 0 Å². The van der Waals surface area contributed by atoms with Crippen LogP contribution >= 0.6 is 27.3 Å². The van der Waals surface area contributed by atoms with Crippen molar-refractivity contribution in [2.75, 3.05) is 6.54 Å². The van der Waals surface area contributed by atoms with Gasteiger partial charge in [-0.3, -0.25) is 0 Å². The highest BCUT2D eigenvalue weighted by Crippen LogP contribution is 2.22. The molecule has 1 aromatic heterocycles. The second-order valence-corrected chi connectivity index (χ2v) is 8.96. The van der Waals surface area contributed by atoms with Gasteiger partial charge in [0.1, 0.15) is 0 Å². The van der Waals surface area contributed by atoms with E-state index < -0.39 is 10.0 Å². The highest BCUT2D eigenvalue weighted by molar-refractivity contribution is 9.11. The maximum Gasteiger partial charge on any atom is 0.240 e. The molecule has 0 aliphatic rings. The molecule has 0 amide bonds. The van der Waals surface area contributed by atoms with Gasteiger partial charge in [0, 0.05) is 18.0 Å². The van der Waals surface area contributed by atoms with Crippen molar-refractivity contribution in [3.05, 3.63) is 50.1 Å². The molecular formula is C14H17BrN2O2S2. The topological polar surface area (TPSA) is 72.2 Å². The molecule has 0 saturated carbocycles. The number of aryl methyl sites for hydroxylation is 1. The molecule has 0 unspecified atom stereocenters. The first-order chi connectivity index (χ1) is 9.92. The lowest BCUT2D eigenvalue weighted by Gasteiger charge is -2.09. The molecule has 0 bridgehead atoms. The molecule has 7 heteroatoms. The van der Waals surface area contributed by atoms with Gasteiger partial charge < -0.3 is 5.73 Å². The van der Waals surface area contributed by atoms with Gasteiger partial charge >= 0.3 is 0 Å². The van der Waals surface area contributed by atoms with E-state index in [-0.39, 0.29) is 4.90 Å². The van der Waals surface area contributed by atoms with E-state index in [1.165, 1.54) is 0 Å². The lowest BCUT2D eigenvalue weighted by molar-refractivity contribution is 0.581. The molecule has 114 valence electrons. The second kappa shape index (κ2) is 7.02. The molecule has 1 heterocycles. The highest BCUT2D eigenvalue weighted by Gasteiger charge is 2.14. The summed E-state index contributed by atoms with van der Waals surface area (Å²) in [7, 11) is -3.49. The first kappa shape index (κ1) is 16.6. The summed E-state index contributed by atoms with van der Waals surface area (Å²) in [6.45, 7) is 2.63. The number of hydrogen-bond donors (Lipinski definition) is 2. The van der Waals surface area contributed by atoms with E-state index in [1.807, 2.05) is 19.1 Å². The zero-order valence-electron chi connectivity index (χ0n) is 11.6. The Kier molecular flexibility index (Phi) is 5.56. The van der Waals surface area contributed by atoms with Crippen molar-refractivity contribution in [3.63, 3.8) is 0 Å². The summed E-state index contributed by atoms with van der Waals surface area (Å²) in [5.74, 6) is 0. The van der Waals surface area contributed by atoms with E-state index in [0.29, 0.717) is 19.5 Å². The average molecular weight is 389 g/mol. The largest absolute Gasteiger partial charge is 0.326 e. The molecule has 1 aromatic carbocycles. The van der Waals surface area contributed by atoms with Crippen molar-refractivity contribution in [1.29, 1.82) is 0 Å². The van der Waals surface area contributed by atoms with Gasteiger partial charge in [-0.15, -0.1) is 11.3 Å². The molecule has 21 heavy (non-hydrogen) atoms. The van der Waals surface area contributed by atoms with Crippen LogP contribution in [0.15, 0.2) is 39.0 Å². The SMILES string of the molecule is Cc1ccc(S(=O)(=O)NCCc2ccc(Br)s2)cc1CN. The fourth-order valence-electron chi connectivity index (χ4n) is 1.91. The number of thiophene rings is 1. The molecule has 2 rings (SSSR count). The smallest absolute Gasteiger partial charge is 0.240 e. The van der Waals surface area contributed by atoms with Crippen LogP contribution in [0.5, 0.6) is 0 Å². The lowest BCUT2D eigenvalue weighted by Crippen LogP contribution is -2.26. The Balaban J connectivity index is 2.04. The molecular weight excluding hydrogens is 372 g/mol. The third-order valence-electron chi connectivity index (χ3n) is 3.14. The van der Waals surface area contributed by atoms with Gasteiger partial charge in [-0.25, -0.2) is 13.1 Å². The van der Waals surface area contributed by atoms with Crippen LogP contribution in [0.1, 0.15) is 16.0 Å². The normalized spacial score (nSPS) is 11.8. The van der Waals surface area contributed by atoms with Crippen LogP contribution in [0.4, 0.5) is 0 Å². The molecule has 0 atom stereocenters. The zero-order valence-corrected chi connectivity index (χ0v) is 14.8. The highest BCUT2D eigenvalue weighted by atomic mass is 79.9. The summed E-state index contributed by atoms with van der Waals surface area (Å²) in [6, 6.07) is 8.98. The van der Waals surface area contributed by atoms with Crippen LogP contribution in [-0.2, 0) is 23.0 Å². The summed E-state index contributed by atoms with van der Waals surface area (Å²) in [6.07, 6.45) is 0.672. The summed E-state index contributed by atoms with van der Waals surface area (Å²) >= 11 is 5.00. The number of rotatable bonds is 6. The number of benzene rings is 1. The third-order valence-corrected chi connectivity index (χ3v) is 6.29. The summed E-state index contributed by atoms with van der Waals surface area (Å²) < 4.78 is 28.2. The summed E-state index contributed by atoms with van der Waals surface area (Å²) in [4.78, 5) is 1.40. The Bertz CT molecular complexity index is 726. The number of sulfonamides is 1. The number of nitrogens with two attached hydrogens (primary N) is 1. The van der Waals surface area contributed by atoms with Crippen molar-refractivity contribution in [1.82, 2.24) is 4.72 Å². The van der Waals surface area contributed by atoms with E-state index >= 15 is 0 Å². The Hall–Kier alpha value is -0.730. The van der Waals surface area contributed by atoms with Crippen LogP contribution in [-0.4, -0.2) is 15.0 Å². The van der Waals surface area contributed by atoms with Crippen LogP contribution in [0.25, 0.3) is 0 Å². The van der Waals surface area contributed by atoms with E-state index in [4.69, 9.17) is 5.73 Å². The van der Waals surface area contributed by atoms with Gasteiger partial charge in [-0.05, 0) is 64.7 Å². The monoisotopic (exact) mass is 388 g/mol. The Morgan fingerprint density at radius 1 is 1.29 bits per heavy atom. The molecule has 0 spiro atoms. The Labute approximate surface area is 137 Å². The number of hydrogen-bond acceptors (Lipinski definition) is 4. The Morgan fingerprint density at radius 3 is 2.67 bits per heavy atom. The Morgan fingerprint density at radius 2 is 2.05 bits per heavy atom. The lowest BCUT2D eigenvalue weighted by atomic mass is 10.1. The predicted octanol–water partition coefficient (Wildman–Crippen LogP) is 2.80. The fourth-order valence-corrected chi connectivity index (χ4v) is 4.48. The van der Waals surface area contributed by atoms with Gasteiger partial charge in [0.05, 0.1) is 8.68 Å². The first-order valence-electron chi connectivity index (χ1n) is 6.46. The molecule has 0 fully saturated rings. The average Bonchev–Trinajstić information content (AvgIpc) is 2.84. The van der Waals surface area contributed by atoms with Crippen LogP contribution in [0.2, 0.25) is 0 Å². The summed E-state index contributed by atoms with van der Waals surface area (Å²) in [5.41, 5.74) is 7.47. The molecule has 2 aromatic rings. The van der Waals surface area contributed by atoms with Crippen LogP contribution in [0.3, 0.4) is 0 Å². The van der Waals surface area contributed by atoms with E-state index in [0.717, 1.165) is 19.8 Å². The van der Waals surface area contributed by atoms with Gasteiger partial charge in [-0.2, -0.15) is 0 Å². The third kappa shape index (κ3) is 4.37. The van der Waals surface area contributed by atoms with Crippen molar-refractivity contribution >= 4 is 37.3 Å². The molecule has 0 saturated heterocycles. The van der Waals surface area contributed by atoms with E-state index in [2.05, 4.69) is 20.7 Å². The predicted molar refractivity (Wildman–Crippen MR) is 90.0 cm³/mol. The molecule has 4 nitrogen and oxygen atoms in total. The molecule has 0 aliphatic carbocycles. The zero-order chi connectivity index (χ0) is 15.5. The minimum Gasteiger partial charge on any atom is -0.326 e. The second-order valence-electron chi connectivity index (χ2n) is 4.65. The van der Waals surface area contributed by atoms with Crippen LogP contribution in [0, 0.1) is 6.92 Å². The number of halogens is 1. The molecule has 0 radical (unpaired) electrons. The maximum atomic E-state index is 12.2. The van der Waals surface area contributed by atoms with Crippen molar-refractivity contribution in [2.24, 2.45) is 5.73 Å². The van der Waals surface area contributed by atoms with Crippen LogP contribution < -0.4 is 10.5 Å². The molecule has 3 N–H and O–H groups in total. The van der Waals surface area contributed by atoms with Gasteiger partial charge in [-0.1, -0.05) is 6.07 Å². The quantitative estimate of drug-likeness (QED) is 0.798. The van der Waals surface area contributed by atoms with Crippen molar-refractivity contribution in [2.45, 2.75) is 24.8 Å². The fraction of sp³-hybridized carbons (Fsp3) is 0.286. The first-order valence-corrected chi connectivity index (χ1v) is 9.55. The van der Waals surface area contributed by atoms with E-state index in [1.54, 1.807) is 29.5 Å². The molecule has 0 aliphatic heterocycles. The number of nitrogens with one attached hydrogen (secondary N) is 1. The van der Waals surface area contributed by atoms with Gasteiger partial charge in [0.25, 0.3) is 0 Å². The van der Waals surface area contributed by atoms with E-state index in [9.17, 15) is 8.42 Å².